The molecule has 1 N–H and O–H groups in total. The van der Waals surface area contributed by atoms with Crippen molar-refractivity contribution in [3.05, 3.63) is 46.5 Å². The van der Waals surface area contributed by atoms with Gasteiger partial charge in [0, 0.05) is 47.0 Å². The zero-order valence-corrected chi connectivity index (χ0v) is 26.5. The Balaban J connectivity index is 1.24. The van der Waals surface area contributed by atoms with E-state index in [1.165, 1.54) is 16.7 Å². The number of Topliss-reactive ketones (excluding diaryl/α,β-unsaturated/α-hetero) is 1. The minimum atomic E-state index is -0.926. The fourth-order valence-corrected chi connectivity index (χ4v) is 9.26. The fraction of sp³-hybridized carbons (Fsp3) is 0.750. The van der Waals surface area contributed by atoms with Crippen LogP contribution >= 0.6 is 0 Å². The highest BCUT2D eigenvalue weighted by molar-refractivity contribution is 5.87. The summed E-state index contributed by atoms with van der Waals surface area (Å²) in [5.74, 6) is -0.239. The molecule has 0 unspecified atom stereocenters. The van der Waals surface area contributed by atoms with Crippen LogP contribution in [0.4, 0.5) is 0 Å². The number of fused-ring (bicyclic) bond motifs is 4. The van der Waals surface area contributed by atoms with E-state index >= 15 is 0 Å². The van der Waals surface area contributed by atoms with E-state index in [0.717, 1.165) is 37.7 Å². The van der Waals surface area contributed by atoms with Gasteiger partial charge in [0.2, 0.25) is 0 Å². The Labute approximate surface area is 251 Å². The van der Waals surface area contributed by atoms with E-state index in [1.807, 2.05) is 6.92 Å². The maximum absolute atomic E-state index is 13.4. The molecule has 2 saturated heterocycles. The Morgan fingerprint density at radius 2 is 1.40 bits per heavy atom. The minimum absolute atomic E-state index is 0.00445. The zero-order chi connectivity index (χ0) is 29.8. The van der Waals surface area contributed by atoms with E-state index in [9.17, 15) is 9.90 Å². The van der Waals surface area contributed by atoms with E-state index in [4.69, 9.17) is 18.9 Å². The van der Waals surface area contributed by atoms with Crippen LogP contribution in [0.2, 0.25) is 0 Å². The number of hydrogen-bond donors (Lipinski definition) is 1. The normalized spacial score (nSPS) is 39.9. The lowest BCUT2D eigenvalue weighted by Gasteiger charge is -2.56. The summed E-state index contributed by atoms with van der Waals surface area (Å²) in [7, 11) is 0. The molecule has 0 aromatic heterocycles. The van der Waals surface area contributed by atoms with Crippen LogP contribution in [-0.2, 0) is 29.5 Å². The van der Waals surface area contributed by atoms with Crippen molar-refractivity contribution in [2.75, 3.05) is 26.4 Å². The van der Waals surface area contributed by atoms with E-state index in [1.54, 1.807) is 0 Å². The molecule has 6 heteroatoms. The average Bonchev–Trinajstić information content (AvgIpc) is 3.25. The van der Waals surface area contributed by atoms with E-state index in [2.05, 4.69) is 58.9 Å². The molecule has 2 aliphatic heterocycles. The summed E-state index contributed by atoms with van der Waals surface area (Å²) in [6, 6.07) is 8.74. The van der Waals surface area contributed by atoms with Gasteiger partial charge in [-0.25, -0.2) is 0 Å². The van der Waals surface area contributed by atoms with Crippen molar-refractivity contribution in [1.82, 2.24) is 0 Å². The van der Waals surface area contributed by atoms with Gasteiger partial charge >= 0.3 is 0 Å². The lowest BCUT2D eigenvalue weighted by Crippen LogP contribution is -2.57. The van der Waals surface area contributed by atoms with Crippen molar-refractivity contribution in [1.29, 1.82) is 0 Å². The first-order valence-electron chi connectivity index (χ1n) is 16.3. The van der Waals surface area contributed by atoms with Crippen molar-refractivity contribution in [3.63, 3.8) is 0 Å². The Hall–Kier alpha value is -1.57. The predicted octanol–water partition coefficient (Wildman–Crippen LogP) is 6.80. The lowest BCUT2D eigenvalue weighted by molar-refractivity contribution is -0.322. The van der Waals surface area contributed by atoms with Crippen molar-refractivity contribution in [2.45, 2.75) is 116 Å². The zero-order valence-electron chi connectivity index (χ0n) is 26.5. The van der Waals surface area contributed by atoms with Crippen LogP contribution in [0, 0.1) is 28.1 Å². The fourth-order valence-electron chi connectivity index (χ4n) is 9.26. The molecule has 230 valence electrons. The van der Waals surface area contributed by atoms with E-state index < -0.39 is 17.2 Å². The number of carbonyl (C=O) groups is 1. The molecule has 6 nitrogen and oxygen atoms in total. The average molecular weight is 579 g/mol. The first kappa shape index (κ1) is 29.2. The number of ether oxygens (including phenoxy) is 4. The molecule has 6 aliphatic rings. The monoisotopic (exact) mass is 578 g/mol. The van der Waals surface area contributed by atoms with Crippen LogP contribution in [-0.4, -0.2) is 48.7 Å². The largest absolute Gasteiger partial charge is 0.385 e. The molecule has 3 saturated carbocycles. The minimum Gasteiger partial charge on any atom is -0.385 e. The maximum atomic E-state index is 13.4. The Morgan fingerprint density at radius 1 is 0.786 bits per heavy atom. The molecular weight excluding hydrogens is 528 g/mol. The van der Waals surface area contributed by atoms with Crippen molar-refractivity contribution < 1.29 is 28.8 Å². The molecule has 1 aromatic carbocycles. The third-order valence-electron chi connectivity index (χ3n) is 11.9. The van der Waals surface area contributed by atoms with Gasteiger partial charge in [-0.3, -0.25) is 4.79 Å². The molecular formula is C36H50O6. The first-order chi connectivity index (χ1) is 19.7. The molecule has 0 amide bonds. The number of benzene rings is 1. The van der Waals surface area contributed by atoms with Crippen LogP contribution < -0.4 is 0 Å². The van der Waals surface area contributed by atoms with Crippen LogP contribution in [0.25, 0.3) is 0 Å². The number of aliphatic hydroxyl groups is 1. The third-order valence-corrected chi connectivity index (χ3v) is 11.9. The van der Waals surface area contributed by atoms with Gasteiger partial charge in [-0.1, -0.05) is 64.5 Å². The highest BCUT2D eigenvalue weighted by Crippen LogP contribution is 2.64. The number of allylic oxidation sites excluding steroid dienone is 1. The Morgan fingerprint density at radius 3 is 2.05 bits per heavy atom. The number of hydrogen-bond acceptors (Lipinski definition) is 6. The van der Waals surface area contributed by atoms with Crippen LogP contribution in [0.5, 0.6) is 0 Å². The van der Waals surface area contributed by atoms with Gasteiger partial charge < -0.3 is 24.1 Å². The SMILES string of the molecule is CC1(C)COC2(CCC3=C4[C@@H](CC[C@@]3(O)C2)[C@H]2CCC(=O)[C@@]2(C)C[C@@H]4c2ccc(C3(C)OCC(C)(C)CO3)cc2)OC1. The summed E-state index contributed by atoms with van der Waals surface area (Å²) in [6.07, 6.45) is 6.13. The van der Waals surface area contributed by atoms with Crippen LogP contribution in [0.15, 0.2) is 35.4 Å². The van der Waals surface area contributed by atoms with Gasteiger partial charge in [0.05, 0.1) is 32.0 Å². The molecule has 4 aliphatic carbocycles. The molecule has 7 rings (SSSR count). The molecule has 1 spiro atoms. The smallest absolute Gasteiger partial charge is 0.191 e. The summed E-state index contributed by atoms with van der Waals surface area (Å²) in [5, 5.41) is 12.4. The third kappa shape index (κ3) is 4.58. The Bertz CT molecular complexity index is 1270. The second kappa shape index (κ2) is 9.47. The molecule has 5 fully saturated rings. The summed E-state index contributed by atoms with van der Waals surface area (Å²) in [4.78, 5) is 13.4. The van der Waals surface area contributed by atoms with Gasteiger partial charge in [-0.15, -0.1) is 0 Å². The first-order valence-corrected chi connectivity index (χ1v) is 16.3. The molecule has 0 radical (unpaired) electrons. The summed E-state index contributed by atoms with van der Waals surface area (Å²) in [5.41, 5.74) is 3.63. The number of carbonyl (C=O) groups excluding carboxylic acids is 1. The van der Waals surface area contributed by atoms with Gasteiger partial charge in [0.25, 0.3) is 0 Å². The van der Waals surface area contributed by atoms with Crippen molar-refractivity contribution in [3.8, 4) is 0 Å². The number of rotatable bonds is 2. The molecule has 1 aromatic rings. The molecule has 0 bridgehead atoms. The van der Waals surface area contributed by atoms with E-state index in [-0.39, 0.29) is 22.2 Å². The predicted molar refractivity (Wildman–Crippen MR) is 160 cm³/mol. The standard InChI is InChI=1S/C36H50O6/c1-31(2)19-39-34(6,40-20-31)24-9-7-23(8-10-24)26-17-33(5)27(11-12-29(33)37)25-13-15-35(38)18-36(16-14-28(35)30(25)26)41-21-32(3,4)22-42-36/h7-10,25-27,38H,11-22H2,1-6H3/t25-,26+,27+,33-,35+/m0/s1. The highest BCUT2D eigenvalue weighted by Gasteiger charge is 2.60. The van der Waals surface area contributed by atoms with Crippen LogP contribution in [0.3, 0.4) is 0 Å². The van der Waals surface area contributed by atoms with Gasteiger partial charge in [-0.05, 0) is 62.0 Å². The van der Waals surface area contributed by atoms with Crippen LogP contribution in [0.1, 0.15) is 110 Å². The summed E-state index contributed by atoms with van der Waals surface area (Å²) in [6.45, 7) is 15.5. The van der Waals surface area contributed by atoms with Gasteiger partial charge in [0.1, 0.15) is 5.78 Å². The van der Waals surface area contributed by atoms with Crippen molar-refractivity contribution >= 4 is 5.78 Å². The summed E-state index contributed by atoms with van der Waals surface area (Å²) >= 11 is 0. The Kier molecular flexibility index (Phi) is 6.57. The topological polar surface area (TPSA) is 74.2 Å². The molecule has 2 heterocycles. The van der Waals surface area contributed by atoms with E-state index in [0.29, 0.717) is 63.3 Å². The van der Waals surface area contributed by atoms with Crippen molar-refractivity contribution in [2.24, 2.45) is 28.1 Å². The quantitative estimate of drug-likeness (QED) is 0.389. The molecule has 42 heavy (non-hydrogen) atoms. The van der Waals surface area contributed by atoms with Gasteiger partial charge in [-0.2, -0.15) is 0 Å². The second-order valence-corrected chi connectivity index (χ2v) is 16.5. The van der Waals surface area contributed by atoms with Gasteiger partial charge in [0.15, 0.2) is 11.6 Å². The highest BCUT2D eigenvalue weighted by atomic mass is 16.7. The molecule has 5 atom stereocenters. The number of ketones is 1. The maximum Gasteiger partial charge on any atom is 0.191 e. The lowest BCUT2D eigenvalue weighted by atomic mass is 9.51. The second-order valence-electron chi connectivity index (χ2n) is 16.5. The summed E-state index contributed by atoms with van der Waals surface area (Å²) < 4.78 is 25.3.